The molecule has 10 nitrogen and oxygen atoms in total. The average Bonchev–Trinajstić information content (AvgIpc) is 4.18. The number of rotatable bonds is 8. The fourth-order valence-electron chi connectivity index (χ4n) is 6.90. The molecule has 11 heteroatoms. The predicted octanol–water partition coefficient (Wildman–Crippen LogP) is 12.2. The highest BCUT2D eigenvalue weighted by Crippen LogP contribution is 2.35. The van der Waals surface area contributed by atoms with Crippen molar-refractivity contribution in [1.29, 1.82) is 0 Å². The topological polar surface area (TPSA) is 124 Å². The summed E-state index contributed by atoms with van der Waals surface area (Å²) in [5, 5.41) is 13.3. The number of nitrogens with zero attached hydrogens (tertiary/aromatic N) is 2. The van der Waals surface area contributed by atoms with Crippen LogP contribution >= 0.6 is 0 Å². The Kier molecular flexibility index (Phi) is 17.0. The predicted molar refractivity (Wildman–Crippen MR) is 279 cm³/mol. The number of methoxy groups -OCH3 is 1. The first-order valence-corrected chi connectivity index (χ1v) is 25.4. The molecular formula is C56H77N5O5S. The molecule has 0 spiro atoms. The molecule has 1 unspecified atom stereocenters. The summed E-state index contributed by atoms with van der Waals surface area (Å²) in [5.41, 5.74) is 8.06. The van der Waals surface area contributed by atoms with Crippen LogP contribution in [0.3, 0.4) is 0 Å². The fraction of sp³-hybridized carbons (Fsp3) is 0.464. The first kappa shape index (κ1) is 52.6. The molecule has 1 aromatic heterocycles. The van der Waals surface area contributed by atoms with Crippen LogP contribution in [-0.4, -0.2) is 63.4 Å². The summed E-state index contributed by atoms with van der Waals surface area (Å²) in [6.45, 7) is 27.2. The summed E-state index contributed by atoms with van der Waals surface area (Å²) >= 11 is 0. The number of ether oxygens (including phenoxy) is 2. The molecule has 8 rings (SSSR count). The zero-order valence-corrected chi connectivity index (χ0v) is 43.2. The Morgan fingerprint density at radius 3 is 1.63 bits per heavy atom. The highest BCUT2D eigenvalue weighted by molar-refractivity contribution is 8.01. The first-order valence-electron chi connectivity index (χ1n) is 23.6. The number of urea groups is 1. The van der Waals surface area contributed by atoms with E-state index in [-0.39, 0.29) is 39.5 Å². The van der Waals surface area contributed by atoms with Crippen LogP contribution in [0.1, 0.15) is 131 Å². The van der Waals surface area contributed by atoms with Crippen LogP contribution in [0.15, 0.2) is 114 Å². The number of aromatic nitrogens is 2. The van der Waals surface area contributed by atoms with Crippen molar-refractivity contribution in [3.63, 3.8) is 0 Å². The molecule has 2 saturated carbocycles. The van der Waals surface area contributed by atoms with Crippen molar-refractivity contribution in [3.8, 4) is 11.4 Å². The van der Waals surface area contributed by atoms with Gasteiger partial charge < -0.3 is 25.4 Å². The van der Waals surface area contributed by atoms with Crippen LogP contribution in [-0.2, 0) is 40.7 Å². The molecule has 1 saturated heterocycles. The van der Waals surface area contributed by atoms with Crippen molar-refractivity contribution in [3.05, 3.63) is 132 Å². The molecule has 2 aliphatic carbocycles. The monoisotopic (exact) mass is 932 g/mol. The van der Waals surface area contributed by atoms with Crippen molar-refractivity contribution in [2.24, 2.45) is 5.92 Å². The smallest absolute Gasteiger partial charge is 0.319 e. The minimum Gasteiger partial charge on any atom is -0.494 e. The van der Waals surface area contributed by atoms with Crippen molar-refractivity contribution < 1.29 is 23.3 Å². The highest BCUT2D eigenvalue weighted by Gasteiger charge is 2.32. The summed E-state index contributed by atoms with van der Waals surface area (Å²) in [6.07, 6.45) is 8.03. The third-order valence-corrected chi connectivity index (χ3v) is 14.5. The molecule has 1 atom stereocenters. The normalized spacial score (nSPS) is 15.9. The Balaban J connectivity index is 0.000000167. The maximum Gasteiger partial charge on any atom is 0.319 e. The number of benzene rings is 4. The van der Waals surface area contributed by atoms with Crippen molar-refractivity contribution in [2.75, 3.05) is 31.0 Å². The minimum atomic E-state index is -2.05. The number of anilines is 2. The Bertz CT molecular complexity index is 2530. The van der Waals surface area contributed by atoms with Gasteiger partial charge in [0.2, 0.25) is 5.91 Å². The Labute approximate surface area is 402 Å². The van der Waals surface area contributed by atoms with Crippen molar-refractivity contribution >= 4 is 38.7 Å². The molecule has 4 aromatic carbocycles. The van der Waals surface area contributed by atoms with E-state index in [2.05, 4.69) is 146 Å². The van der Waals surface area contributed by atoms with Gasteiger partial charge in [0, 0.05) is 40.0 Å². The number of carbonyl (C=O) groups is 2. The van der Waals surface area contributed by atoms with Crippen LogP contribution in [0.5, 0.6) is 5.75 Å². The second-order valence-electron chi connectivity index (χ2n) is 22.0. The summed E-state index contributed by atoms with van der Waals surface area (Å²) in [7, 11) is -0.359. The third kappa shape index (κ3) is 15.9. The second-order valence-corrected chi connectivity index (χ2v) is 24.6. The number of nitrogens with one attached hydrogen (secondary N) is 3. The van der Waals surface area contributed by atoms with Gasteiger partial charge in [-0.3, -0.25) is 9.00 Å². The van der Waals surface area contributed by atoms with E-state index in [4.69, 9.17) is 9.47 Å². The maximum atomic E-state index is 12.5. The summed E-state index contributed by atoms with van der Waals surface area (Å²) < 4.78 is 24.8. The lowest BCUT2D eigenvalue weighted by atomic mass is 9.87. The maximum absolute atomic E-state index is 12.5. The third-order valence-electron chi connectivity index (χ3n) is 11.9. The molecular weight excluding hydrogens is 855 g/mol. The SMILES string of the molecule is C=S(=O)(c1cccc(C(C)(C)C)c1)C1CC1.CC(C)(C)c1cccc(NC(=O)C2COC2)c1.CC(C)(C)c1cccc(NC(=O)NC2CC2)c1.COc1cc(C(C)(C)C)ccc1-n1cccn1. The van der Waals surface area contributed by atoms with Gasteiger partial charge in [0.05, 0.1) is 26.2 Å². The standard InChI is InChI=1S/C14H18N2O.C14H20N2O.C14H19NO2.C14H20OS/c1-14(2,3)11-6-7-12(13(10-11)17-4)16-9-5-8-15-16;1-14(2,3)10-5-4-6-12(9-10)16-13(17)15-11-7-8-11;1-14(2,3)11-5-4-6-12(7-11)15-13(16)10-8-17-9-10;1-14(2,3)11-6-5-7-13(10-11)16(4,15)12-8-9-12/h5-10H,1-4H3;4-6,9,11H,7-8H2,1-3H3,(H2,15,16,17);4-7,10H,8-9H2,1-3H3,(H,15,16);5-7,10,12H,4,8-9H2,1-3H3. The van der Waals surface area contributed by atoms with Crippen LogP contribution in [0.2, 0.25) is 0 Å². The van der Waals surface area contributed by atoms with Crippen LogP contribution in [0, 0.1) is 5.92 Å². The van der Waals surface area contributed by atoms with E-state index in [1.165, 1.54) is 22.3 Å². The molecule has 3 amide bonds. The molecule has 0 bridgehead atoms. The van der Waals surface area contributed by atoms with E-state index in [0.717, 1.165) is 53.4 Å². The molecule has 67 heavy (non-hydrogen) atoms. The van der Waals surface area contributed by atoms with Crippen LogP contribution < -0.4 is 20.7 Å². The van der Waals surface area contributed by atoms with Gasteiger partial charge in [-0.15, -0.1) is 0 Å². The number of hydrogen-bond donors (Lipinski definition) is 3. The lowest BCUT2D eigenvalue weighted by Crippen LogP contribution is -2.38. The Morgan fingerprint density at radius 2 is 1.18 bits per heavy atom. The molecule has 3 aliphatic rings. The molecule has 3 fully saturated rings. The lowest BCUT2D eigenvalue weighted by Gasteiger charge is -2.25. The van der Waals surface area contributed by atoms with E-state index >= 15 is 0 Å². The number of hydrogen-bond acceptors (Lipinski definition) is 6. The molecule has 1 aliphatic heterocycles. The van der Waals surface area contributed by atoms with Gasteiger partial charge in [0.15, 0.2) is 0 Å². The quantitative estimate of drug-likeness (QED) is 0.133. The van der Waals surface area contributed by atoms with Gasteiger partial charge >= 0.3 is 6.03 Å². The van der Waals surface area contributed by atoms with E-state index in [1.807, 2.05) is 71.5 Å². The fourth-order valence-corrected chi connectivity index (χ4v) is 8.82. The molecule has 362 valence electrons. The Hall–Kier alpha value is -5.39. The van der Waals surface area contributed by atoms with Gasteiger partial charge in [0.25, 0.3) is 0 Å². The Morgan fingerprint density at radius 1 is 0.672 bits per heavy atom. The minimum absolute atomic E-state index is 0.0216. The number of carbonyl (C=O) groups excluding carboxylic acids is 2. The van der Waals surface area contributed by atoms with Gasteiger partial charge in [-0.25, -0.2) is 9.48 Å². The zero-order valence-electron chi connectivity index (χ0n) is 42.4. The van der Waals surface area contributed by atoms with E-state index in [0.29, 0.717) is 24.5 Å². The van der Waals surface area contributed by atoms with Crippen LogP contribution in [0.25, 0.3) is 5.69 Å². The van der Waals surface area contributed by atoms with E-state index in [1.54, 1.807) is 13.3 Å². The van der Waals surface area contributed by atoms with Gasteiger partial charge in [-0.2, -0.15) is 5.10 Å². The zero-order chi connectivity index (χ0) is 49.4. The van der Waals surface area contributed by atoms with Crippen molar-refractivity contribution in [2.45, 2.75) is 147 Å². The summed E-state index contributed by atoms with van der Waals surface area (Å²) in [6, 6.07) is 32.6. The van der Waals surface area contributed by atoms with Crippen LogP contribution in [0.4, 0.5) is 16.2 Å². The van der Waals surface area contributed by atoms with Gasteiger partial charge in [-0.05, 0) is 140 Å². The first-order chi connectivity index (χ1) is 31.2. The second kappa shape index (κ2) is 21.7. The molecule has 3 N–H and O–H groups in total. The highest BCUT2D eigenvalue weighted by atomic mass is 32.2. The molecule has 5 aromatic rings. The summed E-state index contributed by atoms with van der Waals surface area (Å²) in [4.78, 5) is 24.3. The van der Waals surface area contributed by atoms with E-state index < -0.39 is 9.52 Å². The average molecular weight is 932 g/mol. The summed E-state index contributed by atoms with van der Waals surface area (Å²) in [5.74, 6) is 4.88. The van der Waals surface area contributed by atoms with Gasteiger partial charge in [0.1, 0.15) is 11.4 Å². The number of amides is 3. The molecule has 0 radical (unpaired) electrons. The van der Waals surface area contributed by atoms with Crippen molar-refractivity contribution in [1.82, 2.24) is 15.1 Å². The molecule has 2 heterocycles. The largest absolute Gasteiger partial charge is 0.494 e. The van der Waals surface area contributed by atoms with E-state index in [9.17, 15) is 13.8 Å². The lowest BCUT2D eigenvalue weighted by molar-refractivity contribution is -0.133. The van der Waals surface area contributed by atoms with Gasteiger partial charge in [-0.1, -0.05) is 126 Å².